The quantitative estimate of drug-likeness (QED) is 0.761. The van der Waals surface area contributed by atoms with E-state index < -0.39 is 5.54 Å². The van der Waals surface area contributed by atoms with Crippen molar-refractivity contribution in [1.29, 1.82) is 0 Å². The molecule has 0 spiro atoms. The van der Waals surface area contributed by atoms with Crippen LogP contribution in [0.3, 0.4) is 0 Å². The summed E-state index contributed by atoms with van der Waals surface area (Å²) in [6.45, 7) is 5.25. The normalized spacial score (nSPS) is 39.3. The molecule has 2 saturated heterocycles. The Balaban J connectivity index is 2.13. The van der Waals surface area contributed by atoms with Crippen molar-refractivity contribution in [2.75, 3.05) is 13.2 Å². The molecule has 0 aliphatic carbocycles. The second kappa shape index (κ2) is 4.34. The van der Waals surface area contributed by atoms with E-state index in [1.807, 2.05) is 4.90 Å². The van der Waals surface area contributed by atoms with Gasteiger partial charge in [0.25, 0.3) is 0 Å². The Morgan fingerprint density at radius 3 is 2.88 bits per heavy atom. The zero-order chi connectivity index (χ0) is 11.8. The molecule has 2 aliphatic heterocycles. The third kappa shape index (κ3) is 1.84. The minimum Gasteiger partial charge on any atom is -0.379 e. The van der Waals surface area contributed by atoms with E-state index in [2.05, 4.69) is 13.8 Å². The number of nitrogens with zero attached hydrogens (tertiary/aromatic N) is 1. The number of nitrogens with two attached hydrogens (primary N) is 1. The maximum absolute atomic E-state index is 12.5. The van der Waals surface area contributed by atoms with Gasteiger partial charge in [0.1, 0.15) is 5.54 Å². The highest BCUT2D eigenvalue weighted by Crippen LogP contribution is 2.30. The van der Waals surface area contributed by atoms with Crippen molar-refractivity contribution in [3.8, 4) is 0 Å². The summed E-state index contributed by atoms with van der Waals surface area (Å²) in [6.07, 6.45) is 3.89. The van der Waals surface area contributed by atoms with Gasteiger partial charge in [-0.2, -0.15) is 0 Å². The molecule has 0 aromatic heterocycles. The van der Waals surface area contributed by atoms with Crippen LogP contribution < -0.4 is 5.73 Å². The van der Waals surface area contributed by atoms with Crippen LogP contribution in [0.25, 0.3) is 0 Å². The lowest BCUT2D eigenvalue weighted by molar-refractivity contribution is -0.139. The third-order valence-electron chi connectivity index (χ3n) is 3.97. The maximum Gasteiger partial charge on any atom is 0.245 e. The van der Waals surface area contributed by atoms with Crippen molar-refractivity contribution in [2.24, 2.45) is 5.73 Å². The van der Waals surface area contributed by atoms with E-state index in [1.165, 1.54) is 0 Å². The van der Waals surface area contributed by atoms with Crippen molar-refractivity contribution >= 4 is 5.91 Å². The number of ether oxygens (including phenoxy) is 1. The first kappa shape index (κ1) is 11.9. The van der Waals surface area contributed by atoms with Gasteiger partial charge in [0.05, 0.1) is 6.61 Å². The Bertz CT molecular complexity index is 274. The molecule has 0 bridgehead atoms. The second-order valence-electron chi connectivity index (χ2n) is 5.16. The number of rotatable bonds is 2. The monoisotopic (exact) mass is 226 g/mol. The van der Waals surface area contributed by atoms with Crippen LogP contribution in [0.4, 0.5) is 0 Å². The minimum atomic E-state index is -0.758. The second-order valence-corrected chi connectivity index (χ2v) is 5.16. The van der Waals surface area contributed by atoms with Gasteiger partial charge >= 0.3 is 0 Å². The van der Waals surface area contributed by atoms with Gasteiger partial charge in [-0.15, -0.1) is 0 Å². The molecule has 0 saturated carbocycles. The van der Waals surface area contributed by atoms with Crippen molar-refractivity contribution in [3.05, 3.63) is 0 Å². The smallest absolute Gasteiger partial charge is 0.245 e. The maximum atomic E-state index is 12.5. The molecule has 2 aliphatic rings. The van der Waals surface area contributed by atoms with Gasteiger partial charge in [-0.05, 0) is 32.6 Å². The zero-order valence-corrected chi connectivity index (χ0v) is 10.2. The van der Waals surface area contributed by atoms with Crippen LogP contribution in [0, 0.1) is 0 Å². The molecular formula is C12H22N2O2. The number of hydrogen-bond acceptors (Lipinski definition) is 3. The zero-order valence-electron chi connectivity index (χ0n) is 10.2. The van der Waals surface area contributed by atoms with Crippen molar-refractivity contribution in [3.63, 3.8) is 0 Å². The van der Waals surface area contributed by atoms with E-state index in [4.69, 9.17) is 10.5 Å². The number of carbonyl (C=O) groups is 1. The number of likely N-dealkylation sites (tertiary alicyclic amines) is 1. The predicted molar refractivity (Wildman–Crippen MR) is 62.0 cm³/mol. The van der Waals surface area contributed by atoms with Crippen LogP contribution in [-0.2, 0) is 9.53 Å². The van der Waals surface area contributed by atoms with E-state index in [0.29, 0.717) is 31.7 Å². The van der Waals surface area contributed by atoms with Gasteiger partial charge in [-0.1, -0.05) is 6.92 Å². The van der Waals surface area contributed by atoms with Crippen LogP contribution >= 0.6 is 0 Å². The Hall–Kier alpha value is -0.610. The average molecular weight is 226 g/mol. The van der Waals surface area contributed by atoms with E-state index in [0.717, 1.165) is 19.3 Å². The fourth-order valence-corrected chi connectivity index (χ4v) is 2.84. The molecule has 2 fully saturated rings. The summed E-state index contributed by atoms with van der Waals surface area (Å²) in [5.74, 6) is 0.0989. The molecule has 1 amide bonds. The lowest BCUT2D eigenvalue weighted by Crippen LogP contribution is -2.58. The molecule has 0 aromatic rings. The molecule has 2 N–H and O–H groups in total. The minimum absolute atomic E-state index is 0.0989. The first-order valence-corrected chi connectivity index (χ1v) is 6.28. The number of amides is 1. The van der Waals surface area contributed by atoms with Gasteiger partial charge < -0.3 is 15.4 Å². The first-order valence-electron chi connectivity index (χ1n) is 6.28. The number of hydrogen-bond donors (Lipinski definition) is 1. The van der Waals surface area contributed by atoms with E-state index >= 15 is 0 Å². The summed E-state index contributed by atoms with van der Waals surface area (Å²) in [4.78, 5) is 14.5. The molecule has 0 aromatic carbocycles. The van der Waals surface area contributed by atoms with Crippen LogP contribution in [0.1, 0.15) is 39.5 Å². The molecule has 3 atom stereocenters. The Kier molecular flexibility index (Phi) is 3.22. The fourth-order valence-electron chi connectivity index (χ4n) is 2.84. The van der Waals surface area contributed by atoms with Gasteiger partial charge in [-0.3, -0.25) is 4.79 Å². The van der Waals surface area contributed by atoms with Crippen molar-refractivity contribution in [2.45, 2.75) is 57.2 Å². The lowest BCUT2D eigenvalue weighted by Gasteiger charge is -2.34. The average Bonchev–Trinajstić information content (AvgIpc) is 2.85. The molecule has 16 heavy (non-hydrogen) atoms. The van der Waals surface area contributed by atoms with Gasteiger partial charge in [0.15, 0.2) is 0 Å². The largest absolute Gasteiger partial charge is 0.379 e. The third-order valence-corrected chi connectivity index (χ3v) is 3.97. The molecule has 3 unspecified atom stereocenters. The Morgan fingerprint density at radius 2 is 2.31 bits per heavy atom. The molecule has 0 radical (unpaired) electrons. The van der Waals surface area contributed by atoms with Crippen LogP contribution in [-0.4, -0.2) is 41.6 Å². The molecule has 92 valence electrons. The summed E-state index contributed by atoms with van der Waals surface area (Å²) in [7, 11) is 0. The summed E-state index contributed by atoms with van der Waals surface area (Å²) in [5, 5.41) is 0. The van der Waals surface area contributed by atoms with Crippen LogP contribution in [0.15, 0.2) is 0 Å². The highest BCUT2D eigenvalue weighted by molar-refractivity contribution is 5.87. The highest BCUT2D eigenvalue weighted by atomic mass is 16.5. The summed E-state index contributed by atoms with van der Waals surface area (Å²) in [5.41, 5.74) is 5.39. The summed E-state index contributed by atoms with van der Waals surface area (Å²) < 4.78 is 5.27. The molecule has 2 rings (SSSR count). The molecule has 4 nitrogen and oxygen atoms in total. The van der Waals surface area contributed by atoms with E-state index in [1.54, 1.807) is 0 Å². The summed E-state index contributed by atoms with van der Waals surface area (Å²) in [6, 6.07) is 0.710. The summed E-state index contributed by atoms with van der Waals surface area (Å²) >= 11 is 0. The predicted octanol–water partition coefficient (Wildman–Crippen LogP) is 0.894. The lowest BCUT2D eigenvalue weighted by atomic mass is 9.97. The first-order chi connectivity index (χ1) is 7.58. The molecular weight excluding hydrogens is 204 g/mol. The Labute approximate surface area is 97.1 Å². The van der Waals surface area contributed by atoms with Crippen LogP contribution in [0.2, 0.25) is 0 Å². The van der Waals surface area contributed by atoms with E-state index in [-0.39, 0.29) is 5.91 Å². The fraction of sp³-hybridized carbons (Fsp3) is 0.917. The molecule has 2 heterocycles. The van der Waals surface area contributed by atoms with E-state index in [9.17, 15) is 4.79 Å². The van der Waals surface area contributed by atoms with Gasteiger partial charge in [-0.25, -0.2) is 0 Å². The molecule has 4 heteroatoms. The van der Waals surface area contributed by atoms with Gasteiger partial charge in [0, 0.05) is 18.7 Å². The van der Waals surface area contributed by atoms with Crippen molar-refractivity contribution in [1.82, 2.24) is 4.90 Å². The standard InChI is InChI=1S/C12H22N2O2/c1-3-10-5-4-9(2)14(10)11(15)12(13)6-7-16-8-12/h9-10H,3-8,13H2,1-2H3. The van der Waals surface area contributed by atoms with Crippen LogP contribution in [0.5, 0.6) is 0 Å². The van der Waals surface area contributed by atoms with Gasteiger partial charge in [0.2, 0.25) is 5.91 Å². The topological polar surface area (TPSA) is 55.6 Å². The van der Waals surface area contributed by atoms with Crippen molar-refractivity contribution < 1.29 is 9.53 Å². The Morgan fingerprint density at radius 1 is 1.56 bits per heavy atom. The SMILES string of the molecule is CCC1CCC(C)N1C(=O)C1(N)CCOC1. The number of carbonyl (C=O) groups excluding carboxylic acids is 1. The highest BCUT2D eigenvalue weighted by Gasteiger charge is 2.45.